The van der Waals surface area contributed by atoms with Crippen LogP contribution >= 0.6 is 0 Å². The van der Waals surface area contributed by atoms with Crippen LogP contribution in [0.3, 0.4) is 0 Å². The zero-order valence-electron chi connectivity index (χ0n) is 20.4. The second kappa shape index (κ2) is 7.27. The van der Waals surface area contributed by atoms with Crippen LogP contribution in [0.2, 0.25) is 0 Å². The van der Waals surface area contributed by atoms with Crippen LogP contribution in [0.1, 0.15) is 85.5 Å². The fraction of sp³-hybridized carbons (Fsp3) is 0.926. The Morgan fingerprint density at radius 3 is 2.47 bits per heavy atom. The van der Waals surface area contributed by atoms with E-state index in [9.17, 15) is 20.4 Å². The summed E-state index contributed by atoms with van der Waals surface area (Å²) >= 11 is 0. The summed E-state index contributed by atoms with van der Waals surface area (Å²) in [5.41, 5.74) is -5.36. The zero-order valence-corrected chi connectivity index (χ0v) is 20.4. The molecule has 32 heavy (non-hydrogen) atoms. The van der Waals surface area contributed by atoms with Crippen molar-refractivity contribution < 1.29 is 25.2 Å². The van der Waals surface area contributed by atoms with Gasteiger partial charge in [-0.05, 0) is 55.3 Å². The van der Waals surface area contributed by atoms with Gasteiger partial charge in [0.15, 0.2) is 0 Å². The van der Waals surface area contributed by atoms with E-state index in [0.29, 0.717) is 24.7 Å². The summed E-state index contributed by atoms with van der Waals surface area (Å²) in [7, 11) is 0. The van der Waals surface area contributed by atoms with Crippen LogP contribution in [0.5, 0.6) is 0 Å². The zero-order chi connectivity index (χ0) is 23.2. The monoisotopic (exact) mass is 448 g/mol. The van der Waals surface area contributed by atoms with Crippen LogP contribution in [0.4, 0.5) is 0 Å². The summed E-state index contributed by atoms with van der Waals surface area (Å²) < 4.78 is 6.32. The third-order valence-electron chi connectivity index (χ3n) is 10.9. The molecule has 10 unspecified atom stereocenters. The molecule has 4 aliphatic carbocycles. The minimum Gasteiger partial charge on any atom is -0.393 e. The van der Waals surface area contributed by atoms with Crippen molar-refractivity contribution in [2.75, 3.05) is 6.61 Å². The van der Waals surface area contributed by atoms with Gasteiger partial charge in [-0.15, -0.1) is 0 Å². The van der Waals surface area contributed by atoms with Crippen LogP contribution in [0.25, 0.3) is 0 Å². The minimum atomic E-state index is -1.52. The molecule has 1 heterocycles. The highest BCUT2D eigenvalue weighted by atomic mass is 16.5. The molecule has 0 amide bonds. The topological polar surface area (TPSA) is 90.2 Å². The third-order valence-corrected chi connectivity index (χ3v) is 10.9. The summed E-state index contributed by atoms with van der Waals surface area (Å²) in [6.45, 7) is 9.49. The number of fused-ring (bicyclic) bond motifs is 2. The molecule has 0 aromatic rings. The quantitative estimate of drug-likeness (QED) is 0.483. The van der Waals surface area contributed by atoms with Gasteiger partial charge >= 0.3 is 0 Å². The van der Waals surface area contributed by atoms with Gasteiger partial charge in [0, 0.05) is 12.3 Å². The molecule has 10 atom stereocenters. The maximum Gasteiger partial charge on any atom is 0.134 e. The van der Waals surface area contributed by atoms with E-state index in [1.54, 1.807) is 12.2 Å². The lowest BCUT2D eigenvalue weighted by molar-refractivity contribution is -0.302. The lowest BCUT2D eigenvalue weighted by Gasteiger charge is -2.67. The average molecular weight is 449 g/mol. The van der Waals surface area contributed by atoms with Crippen molar-refractivity contribution in [2.45, 2.75) is 114 Å². The highest BCUT2D eigenvalue weighted by molar-refractivity contribution is 5.41. The van der Waals surface area contributed by atoms with Crippen molar-refractivity contribution in [3.8, 4) is 0 Å². The number of aliphatic hydroxyl groups is 4. The molecule has 3 saturated carbocycles. The number of rotatable bonds is 5. The Hall–Kier alpha value is -0.460. The SMILES string of the molecule is CC(C)CCCC(C)C1CCC2C1(C)CC1OCC34CCC(O)CC3(O)C=CC2(O)C14O. The molecule has 4 N–H and O–H groups in total. The van der Waals surface area contributed by atoms with Crippen molar-refractivity contribution in [3.05, 3.63) is 12.2 Å². The molecule has 1 saturated heterocycles. The van der Waals surface area contributed by atoms with E-state index in [1.165, 1.54) is 19.3 Å². The van der Waals surface area contributed by atoms with Crippen LogP contribution < -0.4 is 0 Å². The van der Waals surface area contributed by atoms with Crippen molar-refractivity contribution in [1.82, 2.24) is 0 Å². The smallest absolute Gasteiger partial charge is 0.134 e. The van der Waals surface area contributed by atoms with Gasteiger partial charge in [-0.2, -0.15) is 0 Å². The molecule has 0 bridgehead atoms. The molecule has 5 aliphatic rings. The maximum absolute atomic E-state index is 12.4. The summed E-state index contributed by atoms with van der Waals surface area (Å²) in [6.07, 6.45) is 9.87. The second-order valence-electron chi connectivity index (χ2n) is 12.9. The number of ether oxygens (including phenoxy) is 1. The Balaban J connectivity index is 1.50. The predicted octanol–water partition coefficient (Wildman–Crippen LogP) is 3.58. The third kappa shape index (κ3) is 2.69. The molecule has 5 nitrogen and oxygen atoms in total. The Labute approximate surface area is 193 Å². The average Bonchev–Trinajstić information content (AvgIpc) is 3.20. The molecular weight excluding hydrogens is 404 g/mol. The largest absolute Gasteiger partial charge is 0.393 e. The molecular formula is C27H44O5. The van der Waals surface area contributed by atoms with Gasteiger partial charge < -0.3 is 25.2 Å². The summed E-state index contributed by atoms with van der Waals surface area (Å²) in [6, 6.07) is 0. The normalized spacial score (nSPS) is 54.9. The molecule has 0 aromatic heterocycles. The standard InChI is InChI=1S/C27H44O5/c1-17(2)6-5-7-18(3)20-8-9-21-23(20,4)15-22-27(31)24(16-32-22)11-10-19(28)14-25(24,29)12-13-26(21,27)30/h12-13,17-22,28-31H,5-11,14-16H2,1-4H3. The van der Waals surface area contributed by atoms with Gasteiger partial charge in [0.25, 0.3) is 0 Å². The van der Waals surface area contributed by atoms with E-state index in [1.807, 2.05) is 0 Å². The molecule has 182 valence electrons. The van der Waals surface area contributed by atoms with Crippen molar-refractivity contribution >= 4 is 0 Å². The molecule has 5 heteroatoms. The highest BCUT2D eigenvalue weighted by Gasteiger charge is 2.82. The van der Waals surface area contributed by atoms with E-state index in [2.05, 4.69) is 27.7 Å². The number of hydrogen-bond donors (Lipinski definition) is 4. The van der Waals surface area contributed by atoms with Crippen molar-refractivity contribution in [2.24, 2.45) is 34.5 Å². The Bertz CT molecular complexity index is 782. The van der Waals surface area contributed by atoms with E-state index >= 15 is 0 Å². The predicted molar refractivity (Wildman–Crippen MR) is 123 cm³/mol. The molecule has 1 spiro atoms. The van der Waals surface area contributed by atoms with E-state index in [-0.39, 0.29) is 24.4 Å². The van der Waals surface area contributed by atoms with Crippen molar-refractivity contribution in [3.63, 3.8) is 0 Å². The summed E-state index contributed by atoms with van der Waals surface area (Å²) in [5.74, 6) is 1.74. The van der Waals surface area contributed by atoms with Crippen LogP contribution in [-0.4, -0.2) is 56.0 Å². The molecule has 5 rings (SSSR count). The van der Waals surface area contributed by atoms with Gasteiger partial charge in [-0.1, -0.05) is 59.1 Å². The van der Waals surface area contributed by atoms with E-state index < -0.39 is 34.4 Å². The maximum atomic E-state index is 12.4. The van der Waals surface area contributed by atoms with Crippen LogP contribution in [-0.2, 0) is 4.74 Å². The van der Waals surface area contributed by atoms with Gasteiger partial charge in [0.05, 0.1) is 29.8 Å². The minimum absolute atomic E-state index is 0.0555. The Kier molecular flexibility index (Phi) is 5.29. The molecule has 0 radical (unpaired) electrons. The summed E-state index contributed by atoms with van der Waals surface area (Å²) in [4.78, 5) is 0. The lowest BCUT2D eigenvalue weighted by Crippen LogP contribution is -2.80. The highest BCUT2D eigenvalue weighted by Crippen LogP contribution is 2.73. The Morgan fingerprint density at radius 2 is 1.75 bits per heavy atom. The first-order valence-corrected chi connectivity index (χ1v) is 13.1. The fourth-order valence-electron chi connectivity index (χ4n) is 9.30. The lowest BCUT2D eigenvalue weighted by atomic mass is 9.41. The summed E-state index contributed by atoms with van der Waals surface area (Å²) in [5, 5.41) is 46.7. The first-order chi connectivity index (χ1) is 14.9. The first-order valence-electron chi connectivity index (χ1n) is 13.1. The number of hydrogen-bond acceptors (Lipinski definition) is 5. The second-order valence-corrected chi connectivity index (χ2v) is 12.9. The van der Waals surface area contributed by atoms with Gasteiger partial charge in [-0.3, -0.25) is 0 Å². The van der Waals surface area contributed by atoms with E-state index in [0.717, 1.165) is 25.2 Å². The number of aliphatic hydroxyl groups excluding tert-OH is 1. The van der Waals surface area contributed by atoms with Gasteiger partial charge in [0.1, 0.15) is 11.2 Å². The molecule has 0 aromatic carbocycles. The first kappa shape index (κ1) is 23.3. The fourth-order valence-corrected chi connectivity index (χ4v) is 9.30. The molecule has 4 fully saturated rings. The van der Waals surface area contributed by atoms with Crippen LogP contribution in [0, 0.1) is 34.5 Å². The Morgan fingerprint density at radius 1 is 1.00 bits per heavy atom. The molecule has 1 aliphatic heterocycles. The van der Waals surface area contributed by atoms with Crippen molar-refractivity contribution in [1.29, 1.82) is 0 Å². The van der Waals surface area contributed by atoms with E-state index in [4.69, 9.17) is 4.74 Å². The van der Waals surface area contributed by atoms with Gasteiger partial charge in [0.2, 0.25) is 0 Å². The van der Waals surface area contributed by atoms with Crippen LogP contribution in [0.15, 0.2) is 12.2 Å². The van der Waals surface area contributed by atoms with Gasteiger partial charge in [-0.25, -0.2) is 0 Å².